The molecule has 1 aromatic heterocycles. The zero-order chi connectivity index (χ0) is 8.97. The van der Waals surface area contributed by atoms with Gasteiger partial charge in [-0.15, -0.1) is 0 Å². The number of methoxy groups -OCH3 is 1. The minimum absolute atomic E-state index is 0.109. The molecule has 1 atom stereocenters. The lowest BCUT2D eigenvalue weighted by atomic mass is 10.1. The SMILES string of the molecule is COc1ccncc1[C@@H](N)CO. The van der Waals surface area contributed by atoms with Gasteiger partial charge in [0.15, 0.2) is 0 Å². The molecule has 0 aliphatic carbocycles. The highest BCUT2D eigenvalue weighted by Gasteiger charge is 2.09. The fourth-order valence-electron chi connectivity index (χ4n) is 0.957. The summed E-state index contributed by atoms with van der Waals surface area (Å²) < 4.78 is 5.04. The highest BCUT2D eigenvalue weighted by atomic mass is 16.5. The van der Waals surface area contributed by atoms with E-state index in [4.69, 9.17) is 15.6 Å². The number of aliphatic hydroxyl groups excluding tert-OH is 1. The van der Waals surface area contributed by atoms with E-state index in [0.29, 0.717) is 5.75 Å². The monoisotopic (exact) mass is 168 g/mol. The van der Waals surface area contributed by atoms with E-state index in [0.717, 1.165) is 5.56 Å². The van der Waals surface area contributed by atoms with Crippen LogP contribution in [0.5, 0.6) is 5.75 Å². The molecule has 4 heteroatoms. The average molecular weight is 168 g/mol. The third kappa shape index (κ3) is 1.72. The Bertz CT molecular complexity index is 253. The van der Waals surface area contributed by atoms with Crippen molar-refractivity contribution in [2.75, 3.05) is 13.7 Å². The number of pyridine rings is 1. The number of aliphatic hydroxyl groups is 1. The van der Waals surface area contributed by atoms with Gasteiger partial charge in [0.25, 0.3) is 0 Å². The summed E-state index contributed by atoms with van der Waals surface area (Å²) in [6.07, 6.45) is 3.21. The van der Waals surface area contributed by atoms with Crippen LogP contribution < -0.4 is 10.5 Å². The topological polar surface area (TPSA) is 68.4 Å². The second kappa shape index (κ2) is 4.04. The normalized spacial score (nSPS) is 12.6. The van der Waals surface area contributed by atoms with Gasteiger partial charge in [0.05, 0.1) is 19.8 Å². The first kappa shape index (κ1) is 8.96. The van der Waals surface area contributed by atoms with Crippen molar-refractivity contribution in [3.05, 3.63) is 24.0 Å². The first-order chi connectivity index (χ1) is 5.79. The molecule has 66 valence electrons. The minimum atomic E-state index is -0.423. The first-order valence-corrected chi connectivity index (χ1v) is 3.64. The smallest absolute Gasteiger partial charge is 0.126 e. The van der Waals surface area contributed by atoms with Crippen molar-refractivity contribution in [3.8, 4) is 5.75 Å². The van der Waals surface area contributed by atoms with Crippen LogP contribution in [0.1, 0.15) is 11.6 Å². The second-order valence-electron chi connectivity index (χ2n) is 2.41. The van der Waals surface area contributed by atoms with E-state index in [2.05, 4.69) is 4.98 Å². The third-order valence-corrected chi connectivity index (χ3v) is 1.63. The van der Waals surface area contributed by atoms with Crippen LogP contribution in [0.2, 0.25) is 0 Å². The number of hydrogen-bond acceptors (Lipinski definition) is 4. The Morgan fingerprint density at radius 3 is 3.08 bits per heavy atom. The molecule has 0 amide bonds. The number of ether oxygens (including phenoxy) is 1. The predicted molar refractivity (Wildman–Crippen MR) is 44.8 cm³/mol. The summed E-state index contributed by atoms with van der Waals surface area (Å²) >= 11 is 0. The Morgan fingerprint density at radius 2 is 2.50 bits per heavy atom. The molecule has 1 rings (SSSR count). The van der Waals surface area contributed by atoms with Gasteiger partial charge in [-0.05, 0) is 6.07 Å². The average Bonchev–Trinajstić information content (AvgIpc) is 2.16. The van der Waals surface area contributed by atoms with Crippen LogP contribution in [-0.2, 0) is 0 Å². The van der Waals surface area contributed by atoms with Gasteiger partial charge in [0.1, 0.15) is 5.75 Å². The van der Waals surface area contributed by atoms with Crippen LogP contribution in [0.3, 0.4) is 0 Å². The molecular formula is C8H12N2O2. The number of aromatic nitrogens is 1. The zero-order valence-electron chi connectivity index (χ0n) is 6.90. The van der Waals surface area contributed by atoms with E-state index in [-0.39, 0.29) is 6.61 Å². The van der Waals surface area contributed by atoms with E-state index < -0.39 is 6.04 Å². The number of nitrogens with two attached hydrogens (primary N) is 1. The van der Waals surface area contributed by atoms with Gasteiger partial charge in [0, 0.05) is 18.0 Å². The van der Waals surface area contributed by atoms with Gasteiger partial charge in [-0.3, -0.25) is 4.98 Å². The Balaban J connectivity index is 2.96. The minimum Gasteiger partial charge on any atom is -0.496 e. The molecular weight excluding hydrogens is 156 g/mol. The molecule has 0 bridgehead atoms. The number of nitrogens with zero attached hydrogens (tertiary/aromatic N) is 1. The third-order valence-electron chi connectivity index (χ3n) is 1.63. The number of rotatable bonds is 3. The molecule has 0 saturated carbocycles. The van der Waals surface area contributed by atoms with Crippen LogP contribution in [-0.4, -0.2) is 23.8 Å². The molecule has 0 radical (unpaired) electrons. The van der Waals surface area contributed by atoms with Gasteiger partial charge in [0.2, 0.25) is 0 Å². The Labute approximate surface area is 71.0 Å². The van der Waals surface area contributed by atoms with E-state index in [1.54, 1.807) is 25.6 Å². The van der Waals surface area contributed by atoms with Crippen molar-refractivity contribution in [2.45, 2.75) is 6.04 Å². The maximum absolute atomic E-state index is 8.80. The molecule has 0 spiro atoms. The highest BCUT2D eigenvalue weighted by Crippen LogP contribution is 2.21. The van der Waals surface area contributed by atoms with E-state index in [9.17, 15) is 0 Å². The maximum Gasteiger partial charge on any atom is 0.126 e. The Kier molecular flexibility index (Phi) is 3.01. The van der Waals surface area contributed by atoms with E-state index in [1.807, 2.05) is 0 Å². The lowest BCUT2D eigenvalue weighted by Gasteiger charge is -2.11. The van der Waals surface area contributed by atoms with Crippen molar-refractivity contribution < 1.29 is 9.84 Å². The van der Waals surface area contributed by atoms with Crippen molar-refractivity contribution in [1.82, 2.24) is 4.98 Å². The quantitative estimate of drug-likeness (QED) is 0.670. The first-order valence-electron chi connectivity index (χ1n) is 3.64. The van der Waals surface area contributed by atoms with Crippen LogP contribution in [0.4, 0.5) is 0 Å². The summed E-state index contributed by atoms with van der Waals surface area (Å²) in [4.78, 5) is 3.89. The lowest BCUT2D eigenvalue weighted by molar-refractivity contribution is 0.264. The van der Waals surface area contributed by atoms with Crippen molar-refractivity contribution in [2.24, 2.45) is 5.73 Å². The standard InChI is InChI=1S/C8H12N2O2/c1-12-8-2-3-10-4-6(8)7(9)5-11/h2-4,7,11H,5,9H2,1H3/t7-/m0/s1. The molecule has 3 N–H and O–H groups in total. The van der Waals surface area contributed by atoms with Crippen LogP contribution in [0.15, 0.2) is 18.5 Å². The molecule has 0 fully saturated rings. The van der Waals surface area contributed by atoms with Gasteiger partial charge in [-0.2, -0.15) is 0 Å². The number of hydrogen-bond donors (Lipinski definition) is 2. The fraction of sp³-hybridized carbons (Fsp3) is 0.375. The van der Waals surface area contributed by atoms with Gasteiger partial charge >= 0.3 is 0 Å². The highest BCUT2D eigenvalue weighted by molar-refractivity contribution is 5.32. The second-order valence-corrected chi connectivity index (χ2v) is 2.41. The van der Waals surface area contributed by atoms with Crippen LogP contribution in [0, 0.1) is 0 Å². The Morgan fingerprint density at radius 1 is 1.75 bits per heavy atom. The molecule has 1 aromatic rings. The predicted octanol–water partition coefficient (Wildman–Crippen LogP) is 0.0823. The molecule has 0 saturated heterocycles. The summed E-state index contributed by atoms with van der Waals surface area (Å²) in [6, 6.07) is 1.29. The lowest BCUT2D eigenvalue weighted by Crippen LogP contribution is -2.15. The van der Waals surface area contributed by atoms with Crippen molar-refractivity contribution >= 4 is 0 Å². The molecule has 0 aromatic carbocycles. The summed E-state index contributed by atoms with van der Waals surface area (Å²) in [6.45, 7) is -0.109. The van der Waals surface area contributed by atoms with Crippen molar-refractivity contribution in [1.29, 1.82) is 0 Å². The molecule has 1 heterocycles. The summed E-state index contributed by atoms with van der Waals surface area (Å²) in [7, 11) is 1.56. The maximum atomic E-state index is 8.80. The van der Waals surface area contributed by atoms with E-state index in [1.165, 1.54) is 0 Å². The molecule has 4 nitrogen and oxygen atoms in total. The van der Waals surface area contributed by atoms with Crippen LogP contribution in [0.25, 0.3) is 0 Å². The molecule has 12 heavy (non-hydrogen) atoms. The van der Waals surface area contributed by atoms with Gasteiger partial charge in [-0.1, -0.05) is 0 Å². The molecule has 0 aliphatic rings. The Hall–Kier alpha value is -1.13. The van der Waals surface area contributed by atoms with Crippen molar-refractivity contribution in [3.63, 3.8) is 0 Å². The fourth-order valence-corrected chi connectivity index (χ4v) is 0.957. The molecule has 0 unspecified atom stereocenters. The van der Waals surface area contributed by atoms with Crippen LogP contribution >= 0.6 is 0 Å². The zero-order valence-corrected chi connectivity index (χ0v) is 6.90. The largest absolute Gasteiger partial charge is 0.496 e. The summed E-state index contributed by atoms with van der Waals surface area (Å²) in [5, 5.41) is 8.80. The van der Waals surface area contributed by atoms with Gasteiger partial charge in [-0.25, -0.2) is 0 Å². The summed E-state index contributed by atoms with van der Waals surface area (Å²) in [5.74, 6) is 0.659. The summed E-state index contributed by atoms with van der Waals surface area (Å²) in [5.41, 5.74) is 6.33. The van der Waals surface area contributed by atoms with Gasteiger partial charge < -0.3 is 15.6 Å². The van der Waals surface area contributed by atoms with E-state index >= 15 is 0 Å². The molecule has 0 aliphatic heterocycles.